The Bertz CT molecular complexity index is 557. The van der Waals surface area contributed by atoms with Crippen LogP contribution in [0.4, 0.5) is 11.4 Å². The van der Waals surface area contributed by atoms with E-state index in [1.54, 1.807) is 24.3 Å². The van der Waals surface area contributed by atoms with Gasteiger partial charge in [-0.15, -0.1) is 0 Å². The lowest BCUT2D eigenvalue weighted by molar-refractivity contribution is -0.385. The van der Waals surface area contributed by atoms with E-state index in [4.69, 9.17) is 10.5 Å². The van der Waals surface area contributed by atoms with Gasteiger partial charge in [0.1, 0.15) is 0 Å². The number of aromatic nitrogens is 1. The first-order valence-corrected chi connectivity index (χ1v) is 4.80. The van der Waals surface area contributed by atoms with Gasteiger partial charge < -0.3 is 10.5 Å². The fraction of sp³-hybridized carbons (Fsp3) is 0. The topological polar surface area (TPSA) is 91.3 Å². The van der Waals surface area contributed by atoms with Crippen LogP contribution in [-0.4, -0.2) is 9.91 Å². The third kappa shape index (κ3) is 2.31. The fourth-order valence-corrected chi connectivity index (χ4v) is 1.29. The van der Waals surface area contributed by atoms with Crippen molar-refractivity contribution in [3.8, 4) is 11.6 Å². The minimum absolute atomic E-state index is 0.114. The largest absolute Gasteiger partial charge is 0.430 e. The summed E-state index contributed by atoms with van der Waals surface area (Å²) in [4.78, 5) is 14.2. The highest BCUT2D eigenvalue weighted by Gasteiger charge is 2.15. The molecule has 0 unspecified atom stereocenters. The highest BCUT2D eigenvalue weighted by Crippen LogP contribution is 2.31. The van der Waals surface area contributed by atoms with Gasteiger partial charge in [-0.3, -0.25) is 10.1 Å². The molecule has 1 aromatic heterocycles. The number of nitro groups is 1. The van der Waals surface area contributed by atoms with E-state index in [2.05, 4.69) is 4.98 Å². The minimum atomic E-state index is -0.519. The Labute approximate surface area is 96.8 Å². The Morgan fingerprint density at radius 3 is 2.71 bits per heavy atom. The molecular weight excluding hydrogens is 222 g/mol. The molecule has 0 aliphatic heterocycles. The summed E-state index contributed by atoms with van der Waals surface area (Å²) in [5.74, 6) is 0.268. The zero-order valence-electron chi connectivity index (χ0n) is 8.74. The first-order valence-electron chi connectivity index (χ1n) is 4.80. The van der Waals surface area contributed by atoms with Crippen molar-refractivity contribution in [2.45, 2.75) is 0 Å². The number of nitrogen functional groups attached to an aromatic ring is 1. The molecular formula is C11H9N3O3. The summed E-state index contributed by atoms with van der Waals surface area (Å²) in [6.07, 6.45) is 1.50. The van der Waals surface area contributed by atoms with Crippen molar-refractivity contribution in [1.82, 2.24) is 4.98 Å². The number of benzene rings is 1. The fourth-order valence-electron chi connectivity index (χ4n) is 1.29. The highest BCUT2D eigenvalue weighted by molar-refractivity contribution is 5.53. The Morgan fingerprint density at radius 1 is 1.24 bits per heavy atom. The number of nitrogens with zero attached hydrogens (tertiary/aromatic N) is 2. The van der Waals surface area contributed by atoms with E-state index in [1.165, 1.54) is 18.3 Å². The summed E-state index contributed by atoms with van der Waals surface area (Å²) in [7, 11) is 0. The number of nitrogens with two attached hydrogens (primary N) is 1. The number of nitro benzene ring substituents is 1. The number of hydrogen-bond acceptors (Lipinski definition) is 5. The third-order valence-corrected chi connectivity index (χ3v) is 2.07. The second-order valence-corrected chi connectivity index (χ2v) is 3.22. The second kappa shape index (κ2) is 4.48. The van der Waals surface area contributed by atoms with Crippen LogP contribution in [0.2, 0.25) is 0 Å². The van der Waals surface area contributed by atoms with Crippen LogP contribution in [0.3, 0.4) is 0 Å². The molecule has 0 aliphatic rings. The lowest BCUT2D eigenvalue weighted by atomic mass is 10.3. The van der Waals surface area contributed by atoms with Crippen molar-refractivity contribution >= 4 is 11.4 Å². The molecule has 6 nitrogen and oxygen atoms in total. The molecule has 0 saturated carbocycles. The zero-order chi connectivity index (χ0) is 12.3. The summed E-state index contributed by atoms with van der Waals surface area (Å²) in [6, 6.07) is 9.31. The molecule has 86 valence electrons. The van der Waals surface area contributed by atoms with E-state index in [0.717, 1.165) is 0 Å². The molecule has 0 radical (unpaired) electrons. The zero-order valence-corrected chi connectivity index (χ0v) is 8.74. The molecule has 2 aromatic rings. The molecule has 0 spiro atoms. The van der Waals surface area contributed by atoms with Crippen molar-refractivity contribution in [3.63, 3.8) is 0 Å². The number of para-hydroxylation sites is 2. The smallest absolute Gasteiger partial charge is 0.311 e. The van der Waals surface area contributed by atoms with Gasteiger partial charge in [0.2, 0.25) is 11.6 Å². The van der Waals surface area contributed by atoms with E-state index in [0.29, 0.717) is 5.69 Å². The normalized spacial score (nSPS) is 9.88. The van der Waals surface area contributed by atoms with E-state index < -0.39 is 4.92 Å². The van der Waals surface area contributed by atoms with Crippen LogP contribution in [-0.2, 0) is 0 Å². The second-order valence-electron chi connectivity index (χ2n) is 3.22. The lowest BCUT2D eigenvalue weighted by Crippen LogP contribution is -1.97. The molecule has 0 aliphatic carbocycles. The molecule has 0 amide bonds. The standard InChI is InChI=1S/C11H9N3O3/c12-8-4-3-7-13-11(8)17-10-6-2-1-5-9(10)14(15)16/h1-7H,12H2. The number of ether oxygens (including phenoxy) is 1. The van der Waals surface area contributed by atoms with Crippen LogP contribution in [0.1, 0.15) is 0 Å². The van der Waals surface area contributed by atoms with Gasteiger partial charge in [0.25, 0.3) is 0 Å². The van der Waals surface area contributed by atoms with Gasteiger partial charge in [-0.2, -0.15) is 0 Å². The summed E-state index contributed by atoms with van der Waals surface area (Å²) in [5.41, 5.74) is 5.83. The van der Waals surface area contributed by atoms with Crippen molar-refractivity contribution in [2.24, 2.45) is 0 Å². The molecule has 1 aromatic carbocycles. The van der Waals surface area contributed by atoms with Crippen LogP contribution < -0.4 is 10.5 Å². The van der Waals surface area contributed by atoms with Crippen LogP contribution in [0.5, 0.6) is 11.6 Å². The summed E-state index contributed by atoms with van der Waals surface area (Å²) in [6.45, 7) is 0. The maximum absolute atomic E-state index is 10.8. The van der Waals surface area contributed by atoms with E-state index in [1.807, 2.05) is 0 Å². The highest BCUT2D eigenvalue weighted by atomic mass is 16.6. The maximum Gasteiger partial charge on any atom is 0.311 e. The van der Waals surface area contributed by atoms with Gasteiger partial charge in [-0.25, -0.2) is 4.98 Å². The average molecular weight is 231 g/mol. The summed E-state index contributed by atoms with van der Waals surface area (Å²) < 4.78 is 5.32. The summed E-state index contributed by atoms with van der Waals surface area (Å²) in [5, 5.41) is 10.8. The molecule has 0 saturated heterocycles. The van der Waals surface area contributed by atoms with Crippen molar-refractivity contribution in [1.29, 1.82) is 0 Å². The third-order valence-electron chi connectivity index (χ3n) is 2.07. The predicted octanol–water partition coefficient (Wildman–Crippen LogP) is 2.36. The monoisotopic (exact) mass is 231 g/mol. The Kier molecular flexibility index (Phi) is 2.87. The van der Waals surface area contributed by atoms with Crippen LogP contribution >= 0.6 is 0 Å². The van der Waals surface area contributed by atoms with Gasteiger partial charge in [-0.1, -0.05) is 12.1 Å². The Hall–Kier alpha value is -2.63. The van der Waals surface area contributed by atoms with Crippen molar-refractivity contribution in [3.05, 3.63) is 52.7 Å². The van der Waals surface area contributed by atoms with Crippen LogP contribution in [0, 0.1) is 10.1 Å². The Balaban J connectivity index is 2.37. The molecule has 0 atom stereocenters. The van der Waals surface area contributed by atoms with Crippen LogP contribution in [0.25, 0.3) is 0 Å². The quantitative estimate of drug-likeness (QED) is 0.646. The first-order chi connectivity index (χ1) is 8.18. The molecule has 0 fully saturated rings. The van der Waals surface area contributed by atoms with Gasteiger partial charge in [0.05, 0.1) is 10.6 Å². The van der Waals surface area contributed by atoms with E-state index in [9.17, 15) is 10.1 Å². The molecule has 2 N–H and O–H groups in total. The number of rotatable bonds is 3. The van der Waals surface area contributed by atoms with Crippen LogP contribution in [0.15, 0.2) is 42.6 Å². The number of pyridine rings is 1. The SMILES string of the molecule is Nc1cccnc1Oc1ccccc1[N+](=O)[O-]. The predicted molar refractivity (Wildman–Crippen MR) is 61.8 cm³/mol. The van der Waals surface area contributed by atoms with Crippen molar-refractivity contribution in [2.75, 3.05) is 5.73 Å². The average Bonchev–Trinajstić information content (AvgIpc) is 2.32. The van der Waals surface area contributed by atoms with E-state index >= 15 is 0 Å². The molecule has 2 rings (SSSR count). The molecule has 6 heteroatoms. The van der Waals surface area contributed by atoms with Gasteiger partial charge in [0.15, 0.2) is 0 Å². The van der Waals surface area contributed by atoms with Gasteiger partial charge >= 0.3 is 5.69 Å². The van der Waals surface area contributed by atoms with E-state index in [-0.39, 0.29) is 17.3 Å². The maximum atomic E-state index is 10.8. The number of hydrogen-bond donors (Lipinski definition) is 1. The molecule has 1 heterocycles. The van der Waals surface area contributed by atoms with Crippen molar-refractivity contribution < 1.29 is 9.66 Å². The molecule has 0 bridgehead atoms. The number of anilines is 1. The lowest BCUT2D eigenvalue weighted by Gasteiger charge is -2.06. The minimum Gasteiger partial charge on any atom is -0.430 e. The van der Waals surface area contributed by atoms with Gasteiger partial charge in [-0.05, 0) is 18.2 Å². The molecule has 17 heavy (non-hydrogen) atoms. The first kappa shape index (κ1) is 10.9. The summed E-state index contributed by atoms with van der Waals surface area (Å²) >= 11 is 0. The van der Waals surface area contributed by atoms with Gasteiger partial charge in [0, 0.05) is 12.3 Å². The Morgan fingerprint density at radius 2 is 2.00 bits per heavy atom.